The molecule has 0 aromatic heterocycles. The van der Waals surface area contributed by atoms with Gasteiger partial charge in [0.25, 0.3) is 0 Å². The summed E-state index contributed by atoms with van der Waals surface area (Å²) in [5.41, 5.74) is 1.36. The van der Waals surface area contributed by atoms with E-state index in [1.165, 1.54) is 0 Å². The second kappa shape index (κ2) is 6.22. The Morgan fingerprint density at radius 2 is 2.16 bits per heavy atom. The van der Waals surface area contributed by atoms with E-state index in [4.69, 9.17) is 4.74 Å². The molecular formula is C16H24N2O. The summed E-state index contributed by atoms with van der Waals surface area (Å²) >= 11 is 0. The van der Waals surface area contributed by atoms with E-state index in [1.807, 2.05) is 18.2 Å². The lowest BCUT2D eigenvalue weighted by Crippen LogP contribution is -2.56. The van der Waals surface area contributed by atoms with Crippen molar-refractivity contribution in [3.8, 4) is 5.75 Å². The Hall–Kier alpha value is -1.32. The van der Waals surface area contributed by atoms with E-state index in [0.717, 1.165) is 37.5 Å². The van der Waals surface area contributed by atoms with Gasteiger partial charge in [-0.2, -0.15) is 0 Å². The van der Waals surface area contributed by atoms with Crippen LogP contribution in [0.15, 0.2) is 30.3 Å². The van der Waals surface area contributed by atoms with Crippen molar-refractivity contribution in [1.29, 1.82) is 0 Å². The number of benzene rings is 1. The van der Waals surface area contributed by atoms with Gasteiger partial charge < -0.3 is 10.1 Å². The molecule has 1 fully saturated rings. The van der Waals surface area contributed by atoms with Crippen LogP contribution in [0.25, 0.3) is 6.08 Å². The van der Waals surface area contributed by atoms with Crippen LogP contribution < -0.4 is 10.1 Å². The molecule has 0 atom stereocenters. The molecule has 0 spiro atoms. The number of hydrogen-bond acceptors (Lipinski definition) is 3. The SMILES string of the molecule is COc1ccccc1/C=C/CN1CCNC(C)(C)C1. The molecule has 3 nitrogen and oxygen atoms in total. The third-order valence-corrected chi connectivity index (χ3v) is 3.45. The molecule has 1 aromatic carbocycles. The predicted octanol–water partition coefficient (Wildman–Crippen LogP) is 2.39. The summed E-state index contributed by atoms with van der Waals surface area (Å²) < 4.78 is 5.35. The zero-order valence-electron chi connectivity index (χ0n) is 12.1. The Morgan fingerprint density at radius 1 is 1.37 bits per heavy atom. The third kappa shape index (κ3) is 4.08. The summed E-state index contributed by atoms with van der Waals surface area (Å²) in [5.74, 6) is 0.930. The zero-order valence-corrected chi connectivity index (χ0v) is 12.1. The van der Waals surface area contributed by atoms with Crippen LogP contribution in [-0.2, 0) is 0 Å². The Labute approximate surface area is 116 Å². The van der Waals surface area contributed by atoms with E-state index >= 15 is 0 Å². The molecular weight excluding hydrogens is 236 g/mol. The lowest BCUT2D eigenvalue weighted by atomic mass is 10.0. The van der Waals surface area contributed by atoms with Crippen molar-refractivity contribution in [1.82, 2.24) is 10.2 Å². The molecule has 0 amide bonds. The maximum Gasteiger partial charge on any atom is 0.126 e. The zero-order chi connectivity index (χ0) is 13.7. The topological polar surface area (TPSA) is 24.5 Å². The van der Waals surface area contributed by atoms with Crippen LogP contribution in [0.1, 0.15) is 19.4 Å². The molecule has 1 heterocycles. The highest BCUT2D eigenvalue weighted by Crippen LogP contribution is 2.18. The minimum atomic E-state index is 0.219. The molecule has 1 saturated heterocycles. The molecule has 3 heteroatoms. The van der Waals surface area contributed by atoms with Crippen LogP contribution in [0.2, 0.25) is 0 Å². The molecule has 0 unspecified atom stereocenters. The first-order valence-corrected chi connectivity index (χ1v) is 6.88. The first-order chi connectivity index (χ1) is 9.11. The molecule has 19 heavy (non-hydrogen) atoms. The van der Waals surface area contributed by atoms with Gasteiger partial charge in [0, 0.05) is 37.3 Å². The van der Waals surface area contributed by atoms with Crippen LogP contribution in [0.3, 0.4) is 0 Å². The first-order valence-electron chi connectivity index (χ1n) is 6.88. The van der Waals surface area contributed by atoms with Gasteiger partial charge in [-0.15, -0.1) is 0 Å². The second-order valence-electron chi connectivity index (χ2n) is 5.69. The number of para-hydroxylation sites is 1. The van der Waals surface area contributed by atoms with Crippen molar-refractivity contribution < 1.29 is 4.74 Å². The highest BCUT2D eigenvalue weighted by molar-refractivity contribution is 5.57. The number of hydrogen-bond donors (Lipinski definition) is 1. The maximum atomic E-state index is 5.35. The van der Waals surface area contributed by atoms with E-state index in [9.17, 15) is 0 Å². The van der Waals surface area contributed by atoms with Crippen molar-refractivity contribution in [2.75, 3.05) is 33.3 Å². The molecule has 1 aromatic rings. The number of nitrogens with one attached hydrogen (secondary N) is 1. The van der Waals surface area contributed by atoms with Gasteiger partial charge in [-0.3, -0.25) is 4.90 Å². The number of piperazine rings is 1. The van der Waals surface area contributed by atoms with E-state index < -0.39 is 0 Å². The van der Waals surface area contributed by atoms with Gasteiger partial charge >= 0.3 is 0 Å². The van der Waals surface area contributed by atoms with Crippen molar-refractivity contribution >= 4 is 6.08 Å². The number of methoxy groups -OCH3 is 1. The maximum absolute atomic E-state index is 5.35. The molecule has 2 rings (SSSR count). The Bertz CT molecular complexity index is 440. The van der Waals surface area contributed by atoms with Crippen LogP contribution in [0.5, 0.6) is 5.75 Å². The molecule has 0 aliphatic carbocycles. The fraction of sp³-hybridized carbons (Fsp3) is 0.500. The van der Waals surface area contributed by atoms with E-state index in [0.29, 0.717) is 0 Å². The lowest BCUT2D eigenvalue weighted by Gasteiger charge is -2.38. The van der Waals surface area contributed by atoms with Crippen LogP contribution in [0, 0.1) is 0 Å². The third-order valence-electron chi connectivity index (χ3n) is 3.45. The summed E-state index contributed by atoms with van der Waals surface area (Å²) in [5, 5.41) is 3.53. The molecule has 1 aliphatic rings. The Kier molecular flexibility index (Phi) is 4.61. The van der Waals surface area contributed by atoms with Gasteiger partial charge in [-0.25, -0.2) is 0 Å². The summed E-state index contributed by atoms with van der Waals surface area (Å²) in [7, 11) is 1.71. The normalized spacial score (nSPS) is 19.7. The standard InChI is InChI=1S/C16H24N2O/c1-16(2)13-18(12-10-17-16)11-6-8-14-7-4-5-9-15(14)19-3/h4-9,17H,10-13H2,1-3H3/b8-6+. The summed E-state index contributed by atoms with van der Waals surface area (Å²) in [6, 6.07) is 8.11. The van der Waals surface area contributed by atoms with Crippen molar-refractivity contribution in [3.63, 3.8) is 0 Å². The number of rotatable bonds is 4. The van der Waals surface area contributed by atoms with Crippen molar-refractivity contribution in [2.24, 2.45) is 0 Å². The highest BCUT2D eigenvalue weighted by atomic mass is 16.5. The minimum absolute atomic E-state index is 0.219. The second-order valence-corrected chi connectivity index (χ2v) is 5.69. The van der Waals surface area contributed by atoms with E-state index in [1.54, 1.807) is 7.11 Å². The van der Waals surface area contributed by atoms with Crippen LogP contribution in [0.4, 0.5) is 0 Å². The van der Waals surface area contributed by atoms with Gasteiger partial charge in [0.1, 0.15) is 5.75 Å². The molecule has 0 saturated carbocycles. The van der Waals surface area contributed by atoms with Gasteiger partial charge in [0.15, 0.2) is 0 Å². The summed E-state index contributed by atoms with van der Waals surface area (Å²) in [6.45, 7) is 8.76. The summed E-state index contributed by atoms with van der Waals surface area (Å²) in [6.07, 6.45) is 4.37. The highest BCUT2D eigenvalue weighted by Gasteiger charge is 2.24. The monoisotopic (exact) mass is 260 g/mol. The average Bonchev–Trinajstić information content (AvgIpc) is 2.38. The van der Waals surface area contributed by atoms with E-state index in [-0.39, 0.29) is 5.54 Å². The van der Waals surface area contributed by atoms with Gasteiger partial charge in [0.2, 0.25) is 0 Å². The fourth-order valence-electron chi connectivity index (χ4n) is 2.54. The lowest BCUT2D eigenvalue weighted by molar-refractivity contribution is 0.169. The van der Waals surface area contributed by atoms with Gasteiger partial charge in [0.05, 0.1) is 7.11 Å². The molecule has 1 aliphatic heterocycles. The smallest absolute Gasteiger partial charge is 0.126 e. The largest absolute Gasteiger partial charge is 0.496 e. The van der Waals surface area contributed by atoms with Gasteiger partial charge in [-0.05, 0) is 19.9 Å². The van der Waals surface area contributed by atoms with Crippen molar-refractivity contribution in [2.45, 2.75) is 19.4 Å². The molecule has 0 bridgehead atoms. The average molecular weight is 260 g/mol. The minimum Gasteiger partial charge on any atom is -0.496 e. The predicted molar refractivity (Wildman–Crippen MR) is 80.5 cm³/mol. The Morgan fingerprint density at radius 3 is 2.89 bits per heavy atom. The fourth-order valence-corrected chi connectivity index (χ4v) is 2.54. The molecule has 0 radical (unpaired) electrons. The van der Waals surface area contributed by atoms with Crippen LogP contribution in [-0.4, -0.2) is 43.7 Å². The quantitative estimate of drug-likeness (QED) is 0.899. The number of nitrogens with zero attached hydrogens (tertiary/aromatic N) is 1. The van der Waals surface area contributed by atoms with Crippen molar-refractivity contribution in [3.05, 3.63) is 35.9 Å². The van der Waals surface area contributed by atoms with E-state index in [2.05, 4.69) is 42.3 Å². The Balaban J connectivity index is 1.93. The number of ether oxygens (including phenoxy) is 1. The first kappa shape index (κ1) is 14.1. The van der Waals surface area contributed by atoms with Gasteiger partial charge in [-0.1, -0.05) is 30.4 Å². The molecule has 1 N–H and O–H groups in total. The molecule has 104 valence electrons. The summed E-state index contributed by atoms with van der Waals surface area (Å²) in [4.78, 5) is 2.47. The van der Waals surface area contributed by atoms with Crippen LogP contribution >= 0.6 is 0 Å².